The van der Waals surface area contributed by atoms with Crippen LogP contribution in [0.2, 0.25) is 0 Å². The quantitative estimate of drug-likeness (QED) is 0.793. The molecule has 0 atom stereocenters. The van der Waals surface area contributed by atoms with Gasteiger partial charge in [0.15, 0.2) is 0 Å². The maximum Gasteiger partial charge on any atom is 0.0922 e. The molecule has 3 N–H and O–H groups in total. The Morgan fingerprint density at radius 3 is 2.82 bits per heavy atom. The summed E-state index contributed by atoms with van der Waals surface area (Å²) in [6.07, 6.45) is 3.55. The Morgan fingerprint density at radius 1 is 1.41 bits per heavy atom. The number of aromatic amines is 1. The van der Waals surface area contributed by atoms with Crippen LogP contribution in [0, 0.1) is 0 Å². The average Bonchev–Trinajstić information content (AvgIpc) is 2.78. The smallest absolute Gasteiger partial charge is 0.0922 e. The third kappa shape index (κ3) is 2.78. The van der Waals surface area contributed by atoms with Crippen molar-refractivity contribution in [2.24, 2.45) is 0 Å². The standard InChI is InChI=1S/C13H18N4/c1-10(2)17(8-12-7-15-9-16-12)13-5-3-4-11(14)6-13/h3-7,9-10H,8,14H2,1-2H3,(H,15,16). The summed E-state index contributed by atoms with van der Waals surface area (Å²) < 4.78 is 0. The van der Waals surface area contributed by atoms with E-state index in [2.05, 4.69) is 34.8 Å². The Bertz CT molecular complexity index is 462. The van der Waals surface area contributed by atoms with E-state index in [1.54, 1.807) is 6.33 Å². The molecule has 1 aromatic heterocycles. The molecule has 0 radical (unpaired) electrons. The van der Waals surface area contributed by atoms with E-state index < -0.39 is 0 Å². The van der Waals surface area contributed by atoms with Crippen LogP contribution in [-0.2, 0) is 6.54 Å². The van der Waals surface area contributed by atoms with Gasteiger partial charge in [0.2, 0.25) is 0 Å². The third-order valence-electron chi connectivity index (χ3n) is 2.72. The van der Waals surface area contributed by atoms with Crippen molar-refractivity contribution in [2.75, 3.05) is 10.6 Å². The second-order valence-electron chi connectivity index (χ2n) is 4.39. The van der Waals surface area contributed by atoms with Gasteiger partial charge in [-0.25, -0.2) is 4.98 Å². The Hall–Kier alpha value is -1.97. The molecule has 2 rings (SSSR count). The summed E-state index contributed by atoms with van der Waals surface area (Å²) in [4.78, 5) is 9.44. The van der Waals surface area contributed by atoms with Crippen molar-refractivity contribution in [3.05, 3.63) is 42.5 Å². The minimum Gasteiger partial charge on any atom is -0.399 e. The topological polar surface area (TPSA) is 57.9 Å². The molecule has 1 aromatic carbocycles. The molecule has 17 heavy (non-hydrogen) atoms. The molecule has 4 nitrogen and oxygen atoms in total. The van der Waals surface area contributed by atoms with Crippen molar-refractivity contribution in [1.82, 2.24) is 9.97 Å². The lowest BCUT2D eigenvalue weighted by atomic mass is 10.2. The number of anilines is 2. The van der Waals surface area contributed by atoms with E-state index in [1.165, 1.54) is 0 Å². The molecule has 4 heteroatoms. The van der Waals surface area contributed by atoms with Crippen LogP contribution in [0.15, 0.2) is 36.8 Å². The van der Waals surface area contributed by atoms with Crippen molar-refractivity contribution < 1.29 is 0 Å². The van der Waals surface area contributed by atoms with Gasteiger partial charge in [0.05, 0.1) is 18.6 Å². The predicted molar refractivity (Wildman–Crippen MR) is 70.8 cm³/mol. The molecule has 1 heterocycles. The largest absolute Gasteiger partial charge is 0.399 e. The summed E-state index contributed by atoms with van der Waals surface area (Å²) in [6.45, 7) is 5.14. The first-order valence-electron chi connectivity index (χ1n) is 5.76. The number of hydrogen-bond acceptors (Lipinski definition) is 3. The lowest BCUT2D eigenvalue weighted by Gasteiger charge is -2.28. The van der Waals surface area contributed by atoms with E-state index >= 15 is 0 Å². The Labute approximate surface area is 101 Å². The highest BCUT2D eigenvalue weighted by atomic mass is 15.2. The van der Waals surface area contributed by atoms with Crippen molar-refractivity contribution in [3.63, 3.8) is 0 Å². The van der Waals surface area contributed by atoms with Gasteiger partial charge < -0.3 is 15.6 Å². The zero-order chi connectivity index (χ0) is 12.3. The summed E-state index contributed by atoms with van der Waals surface area (Å²) >= 11 is 0. The van der Waals surface area contributed by atoms with Gasteiger partial charge in [-0.05, 0) is 32.0 Å². The van der Waals surface area contributed by atoms with Gasteiger partial charge >= 0.3 is 0 Å². The number of nitrogens with one attached hydrogen (secondary N) is 1. The fourth-order valence-electron chi connectivity index (χ4n) is 1.83. The van der Waals surface area contributed by atoms with Gasteiger partial charge in [0.1, 0.15) is 0 Å². The van der Waals surface area contributed by atoms with E-state index in [9.17, 15) is 0 Å². The second kappa shape index (κ2) is 4.91. The number of benzene rings is 1. The maximum absolute atomic E-state index is 5.82. The highest BCUT2D eigenvalue weighted by molar-refractivity contribution is 5.56. The van der Waals surface area contributed by atoms with Gasteiger partial charge in [0.25, 0.3) is 0 Å². The van der Waals surface area contributed by atoms with E-state index in [0.29, 0.717) is 6.04 Å². The molecule has 0 saturated carbocycles. The molecule has 0 aliphatic heterocycles. The lowest BCUT2D eigenvalue weighted by Crippen LogP contribution is -2.30. The normalized spacial score (nSPS) is 10.8. The van der Waals surface area contributed by atoms with E-state index in [-0.39, 0.29) is 0 Å². The van der Waals surface area contributed by atoms with Gasteiger partial charge in [-0.15, -0.1) is 0 Å². The number of hydrogen-bond donors (Lipinski definition) is 2. The van der Waals surface area contributed by atoms with Crippen LogP contribution in [0.1, 0.15) is 19.5 Å². The summed E-state index contributed by atoms with van der Waals surface area (Å²) in [7, 11) is 0. The minimum atomic E-state index is 0.403. The molecular weight excluding hydrogens is 212 g/mol. The lowest BCUT2D eigenvalue weighted by molar-refractivity contribution is 0.675. The zero-order valence-corrected chi connectivity index (χ0v) is 10.2. The van der Waals surface area contributed by atoms with Gasteiger partial charge in [-0.1, -0.05) is 6.07 Å². The Morgan fingerprint density at radius 2 is 2.24 bits per heavy atom. The van der Waals surface area contributed by atoms with Gasteiger partial charge in [-0.3, -0.25) is 0 Å². The second-order valence-corrected chi connectivity index (χ2v) is 4.39. The van der Waals surface area contributed by atoms with Crippen molar-refractivity contribution in [2.45, 2.75) is 26.4 Å². The van der Waals surface area contributed by atoms with Crippen LogP contribution in [0.5, 0.6) is 0 Å². The van der Waals surface area contributed by atoms with Crippen LogP contribution in [-0.4, -0.2) is 16.0 Å². The van der Waals surface area contributed by atoms with Crippen LogP contribution < -0.4 is 10.6 Å². The number of nitrogen functional groups attached to an aromatic ring is 1. The minimum absolute atomic E-state index is 0.403. The fourth-order valence-corrected chi connectivity index (χ4v) is 1.83. The first-order valence-corrected chi connectivity index (χ1v) is 5.76. The number of H-pyrrole nitrogens is 1. The Kier molecular flexibility index (Phi) is 3.32. The predicted octanol–water partition coefficient (Wildman–Crippen LogP) is 2.41. The van der Waals surface area contributed by atoms with Gasteiger partial charge in [-0.2, -0.15) is 0 Å². The molecule has 0 fully saturated rings. The zero-order valence-electron chi connectivity index (χ0n) is 10.2. The van der Waals surface area contributed by atoms with Crippen molar-refractivity contribution >= 4 is 11.4 Å². The molecule has 0 bridgehead atoms. The highest BCUT2D eigenvalue weighted by Crippen LogP contribution is 2.21. The maximum atomic E-state index is 5.82. The first-order chi connectivity index (χ1) is 8.16. The fraction of sp³-hybridized carbons (Fsp3) is 0.308. The van der Waals surface area contributed by atoms with E-state index in [1.807, 2.05) is 24.4 Å². The number of nitrogens with zero attached hydrogens (tertiary/aromatic N) is 2. The molecule has 0 aliphatic rings. The summed E-state index contributed by atoms with van der Waals surface area (Å²) in [5, 5.41) is 0. The molecule has 0 spiro atoms. The monoisotopic (exact) mass is 230 g/mol. The number of rotatable bonds is 4. The van der Waals surface area contributed by atoms with Crippen LogP contribution in [0.3, 0.4) is 0 Å². The number of imidazole rings is 1. The number of nitrogens with two attached hydrogens (primary N) is 1. The van der Waals surface area contributed by atoms with Gasteiger partial charge in [0, 0.05) is 23.6 Å². The molecule has 0 amide bonds. The molecule has 90 valence electrons. The summed E-state index contributed by atoms with van der Waals surface area (Å²) in [5.74, 6) is 0. The third-order valence-corrected chi connectivity index (χ3v) is 2.72. The molecule has 0 unspecified atom stereocenters. The molecule has 2 aromatic rings. The first kappa shape index (κ1) is 11.5. The molecular formula is C13H18N4. The van der Waals surface area contributed by atoms with Crippen LogP contribution >= 0.6 is 0 Å². The van der Waals surface area contributed by atoms with Crippen LogP contribution in [0.25, 0.3) is 0 Å². The summed E-state index contributed by atoms with van der Waals surface area (Å²) in [6, 6.07) is 8.36. The van der Waals surface area contributed by atoms with E-state index in [0.717, 1.165) is 23.6 Å². The average molecular weight is 230 g/mol. The summed E-state index contributed by atoms with van der Waals surface area (Å²) in [5.41, 5.74) is 8.84. The van der Waals surface area contributed by atoms with Crippen molar-refractivity contribution in [3.8, 4) is 0 Å². The highest BCUT2D eigenvalue weighted by Gasteiger charge is 2.11. The number of aromatic nitrogens is 2. The van der Waals surface area contributed by atoms with E-state index in [4.69, 9.17) is 5.73 Å². The van der Waals surface area contributed by atoms with Crippen molar-refractivity contribution in [1.29, 1.82) is 0 Å². The molecule has 0 saturated heterocycles. The Balaban J connectivity index is 2.23. The SMILES string of the molecule is CC(C)N(Cc1cnc[nH]1)c1cccc(N)c1. The van der Waals surface area contributed by atoms with Crippen LogP contribution in [0.4, 0.5) is 11.4 Å². The molecule has 0 aliphatic carbocycles.